The first kappa shape index (κ1) is 25.8. The Morgan fingerprint density at radius 2 is 0.977 bits per heavy atom. The second kappa shape index (κ2) is 8.71. The second-order valence-electron chi connectivity index (χ2n) is 14.2. The summed E-state index contributed by atoms with van der Waals surface area (Å²) in [5.41, 5.74) is 9.29. The minimum Gasteiger partial charge on any atom is -0.309 e. The van der Waals surface area contributed by atoms with Gasteiger partial charge in [0.05, 0.1) is 11.0 Å². The molecule has 44 heavy (non-hydrogen) atoms. The lowest BCUT2D eigenvalue weighted by atomic mass is 9.82. The van der Waals surface area contributed by atoms with Gasteiger partial charge in [0.25, 0.3) is 0 Å². The van der Waals surface area contributed by atoms with Crippen molar-refractivity contribution in [2.45, 2.75) is 38.9 Å². The Morgan fingerprint density at radius 1 is 0.455 bits per heavy atom. The van der Waals surface area contributed by atoms with Gasteiger partial charge in [0.1, 0.15) is 0 Å². The Bertz CT molecular complexity index is 2490. The molecule has 0 unspecified atom stereocenters. The van der Waals surface area contributed by atoms with Crippen LogP contribution in [0.2, 0.25) is 19.6 Å². The monoisotopic (exact) mass is 581 g/mol. The Morgan fingerprint density at radius 3 is 1.61 bits per heavy atom. The van der Waals surface area contributed by atoms with E-state index in [2.05, 4.69) is 159 Å². The summed E-state index contributed by atoms with van der Waals surface area (Å²) in [4.78, 5) is 0. The molecular formula is C42H35NSi-. The van der Waals surface area contributed by atoms with Crippen LogP contribution in [0.5, 0.6) is 0 Å². The molecular weight excluding hydrogens is 547 g/mol. The topological polar surface area (TPSA) is 4.93 Å². The first-order chi connectivity index (χ1) is 21.2. The van der Waals surface area contributed by atoms with Gasteiger partial charge < -0.3 is 4.57 Å². The molecule has 8 aromatic rings. The SMILES string of the molecule is CC1(C)c2ccccc2-c2cc3c4cc5c6ccccc6c6ccccc6c5cc4n(-c4ccc([Si-](C)(C)C)cc4)c3cc21. The fraction of sp³-hybridized carbons (Fsp3) is 0.143. The van der Waals surface area contributed by atoms with Crippen LogP contribution in [-0.2, 0) is 5.41 Å². The van der Waals surface area contributed by atoms with Crippen molar-refractivity contribution in [3.63, 3.8) is 0 Å². The molecule has 0 N–H and O–H groups in total. The molecule has 213 valence electrons. The van der Waals surface area contributed by atoms with E-state index < -0.39 is 8.07 Å². The lowest BCUT2D eigenvalue weighted by Gasteiger charge is -2.29. The van der Waals surface area contributed by atoms with Gasteiger partial charge in [-0.1, -0.05) is 98.8 Å². The quantitative estimate of drug-likeness (QED) is 0.141. The number of rotatable bonds is 2. The van der Waals surface area contributed by atoms with Crippen LogP contribution < -0.4 is 5.19 Å². The first-order valence-corrected chi connectivity index (χ1v) is 19.3. The molecule has 9 rings (SSSR count). The highest BCUT2D eigenvalue weighted by atomic mass is 28.3. The van der Waals surface area contributed by atoms with Gasteiger partial charge in [-0.3, -0.25) is 0 Å². The predicted molar refractivity (Wildman–Crippen MR) is 194 cm³/mol. The fourth-order valence-corrected chi connectivity index (χ4v) is 9.16. The van der Waals surface area contributed by atoms with Crippen LogP contribution in [0.15, 0.2) is 121 Å². The van der Waals surface area contributed by atoms with Crippen LogP contribution in [0, 0.1) is 0 Å². The molecule has 0 aliphatic heterocycles. The fourth-order valence-electron chi connectivity index (χ4n) is 8.00. The molecule has 0 bridgehead atoms. The van der Waals surface area contributed by atoms with E-state index in [1.165, 1.54) is 87.3 Å². The van der Waals surface area contributed by atoms with Gasteiger partial charge in [-0.15, -0.1) is 8.07 Å². The first-order valence-electron chi connectivity index (χ1n) is 15.8. The molecule has 0 saturated carbocycles. The van der Waals surface area contributed by atoms with E-state index in [0.717, 1.165) is 0 Å². The van der Waals surface area contributed by atoms with Crippen molar-refractivity contribution in [2.24, 2.45) is 0 Å². The minimum absolute atomic E-state index is 0.0553. The zero-order valence-electron chi connectivity index (χ0n) is 26.0. The van der Waals surface area contributed by atoms with E-state index in [1.807, 2.05) is 0 Å². The van der Waals surface area contributed by atoms with E-state index in [1.54, 1.807) is 0 Å². The number of benzene rings is 7. The Balaban J connectivity index is 1.47. The van der Waals surface area contributed by atoms with Crippen LogP contribution in [0.4, 0.5) is 0 Å². The smallest absolute Gasteiger partial charge is 0.0547 e. The molecule has 1 heterocycles. The van der Waals surface area contributed by atoms with Crippen molar-refractivity contribution < 1.29 is 0 Å². The number of nitrogens with zero attached hydrogens (tertiary/aromatic N) is 1. The third-order valence-electron chi connectivity index (χ3n) is 10.3. The Labute approximate surface area is 259 Å². The molecule has 1 aromatic heterocycles. The summed E-state index contributed by atoms with van der Waals surface area (Å²) in [7, 11) is -1.42. The van der Waals surface area contributed by atoms with Crippen molar-refractivity contribution in [3.8, 4) is 16.8 Å². The van der Waals surface area contributed by atoms with Crippen LogP contribution in [0.1, 0.15) is 25.0 Å². The highest BCUT2D eigenvalue weighted by Gasteiger charge is 2.36. The number of hydrogen-bond donors (Lipinski definition) is 0. The van der Waals surface area contributed by atoms with E-state index in [-0.39, 0.29) is 5.41 Å². The van der Waals surface area contributed by atoms with Crippen LogP contribution in [0.25, 0.3) is 70.9 Å². The van der Waals surface area contributed by atoms with E-state index >= 15 is 0 Å². The molecule has 1 aliphatic rings. The number of fused-ring (bicyclic) bond motifs is 12. The number of hydrogen-bond acceptors (Lipinski definition) is 0. The van der Waals surface area contributed by atoms with Gasteiger partial charge in [0.15, 0.2) is 0 Å². The van der Waals surface area contributed by atoms with Crippen molar-refractivity contribution in [2.75, 3.05) is 0 Å². The van der Waals surface area contributed by atoms with E-state index in [4.69, 9.17) is 0 Å². The summed E-state index contributed by atoms with van der Waals surface area (Å²) in [5.74, 6) is 0. The standard InChI is InChI=1S/C42H35NSi/c1-42(2)38-17-11-10-16-32(38)35-23-37-36-22-33-30-14-8-6-12-28(30)29-13-7-9-15-31(29)34(33)24-40(36)43(41(37)25-39(35)42)26-18-20-27(21-19-26)44(3,4)5/h6-25H,1-5H3/q-1. The highest BCUT2D eigenvalue weighted by Crippen LogP contribution is 2.51. The molecule has 0 radical (unpaired) electrons. The summed E-state index contributed by atoms with van der Waals surface area (Å²) in [6, 6.07) is 46.2. The van der Waals surface area contributed by atoms with Crippen molar-refractivity contribution in [1.29, 1.82) is 0 Å². The van der Waals surface area contributed by atoms with Gasteiger partial charge in [-0.05, 0) is 91.0 Å². The van der Waals surface area contributed by atoms with E-state index in [9.17, 15) is 0 Å². The molecule has 1 aliphatic carbocycles. The van der Waals surface area contributed by atoms with Crippen molar-refractivity contribution >= 4 is 67.4 Å². The van der Waals surface area contributed by atoms with Crippen LogP contribution in [-0.4, -0.2) is 12.6 Å². The molecule has 7 aromatic carbocycles. The Hall–Kier alpha value is -4.66. The van der Waals surface area contributed by atoms with Gasteiger partial charge >= 0.3 is 0 Å². The zero-order chi connectivity index (χ0) is 30.0. The molecule has 0 spiro atoms. The molecule has 1 nitrogen and oxygen atoms in total. The molecule has 0 atom stereocenters. The van der Waals surface area contributed by atoms with Crippen molar-refractivity contribution in [1.82, 2.24) is 4.57 Å². The number of aromatic nitrogens is 1. The maximum absolute atomic E-state index is 2.53. The second-order valence-corrected chi connectivity index (χ2v) is 19.3. The average Bonchev–Trinajstić information content (AvgIpc) is 3.47. The maximum Gasteiger partial charge on any atom is 0.0547 e. The van der Waals surface area contributed by atoms with Gasteiger partial charge in [0.2, 0.25) is 0 Å². The molecule has 0 amide bonds. The minimum atomic E-state index is -1.42. The summed E-state index contributed by atoms with van der Waals surface area (Å²) in [6.07, 6.45) is 0. The van der Waals surface area contributed by atoms with Gasteiger partial charge in [-0.2, -0.15) is 24.8 Å². The average molecular weight is 582 g/mol. The van der Waals surface area contributed by atoms with E-state index in [0.29, 0.717) is 0 Å². The van der Waals surface area contributed by atoms with Crippen LogP contribution in [0.3, 0.4) is 0 Å². The van der Waals surface area contributed by atoms with Gasteiger partial charge in [0, 0.05) is 21.9 Å². The summed E-state index contributed by atoms with van der Waals surface area (Å²) in [6.45, 7) is 12.0. The summed E-state index contributed by atoms with van der Waals surface area (Å²) < 4.78 is 2.53. The summed E-state index contributed by atoms with van der Waals surface area (Å²) >= 11 is 0. The third kappa shape index (κ3) is 3.40. The zero-order valence-corrected chi connectivity index (χ0v) is 27.0. The molecule has 0 saturated heterocycles. The molecule has 0 fully saturated rings. The highest BCUT2D eigenvalue weighted by molar-refractivity contribution is 6.88. The third-order valence-corrected chi connectivity index (χ3v) is 12.4. The maximum atomic E-state index is 2.53. The normalized spacial score (nSPS) is 14.2. The van der Waals surface area contributed by atoms with Gasteiger partial charge in [-0.25, -0.2) is 0 Å². The molecule has 2 heteroatoms. The largest absolute Gasteiger partial charge is 0.309 e. The lowest BCUT2D eigenvalue weighted by molar-refractivity contribution is 0.661. The predicted octanol–water partition coefficient (Wildman–Crippen LogP) is 11.1. The van der Waals surface area contributed by atoms with Crippen LogP contribution >= 0.6 is 0 Å². The van der Waals surface area contributed by atoms with Crippen molar-refractivity contribution in [3.05, 3.63) is 132 Å². The Kier molecular flexibility index (Phi) is 5.11. The lowest BCUT2D eigenvalue weighted by Crippen LogP contribution is -2.37. The summed E-state index contributed by atoms with van der Waals surface area (Å²) in [5, 5.41) is 12.0.